The Balaban J connectivity index is 1.94. The van der Waals surface area contributed by atoms with Crippen LogP contribution < -0.4 is 10.5 Å². The Morgan fingerprint density at radius 2 is 2.14 bits per heavy atom. The van der Waals surface area contributed by atoms with Crippen LogP contribution in [-0.4, -0.2) is 18.4 Å². The number of nitrogens with zero attached hydrogens (tertiary/aromatic N) is 1. The van der Waals surface area contributed by atoms with Crippen molar-refractivity contribution in [3.8, 4) is 0 Å². The second kappa shape index (κ2) is 5.39. The topological polar surface area (TPSA) is 105 Å². The molecule has 0 aliphatic heterocycles. The normalized spacial score (nSPS) is 11.9. The summed E-state index contributed by atoms with van der Waals surface area (Å²) in [6.07, 6.45) is 1.59. The van der Waals surface area contributed by atoms with E-state index >= 15 is 0 Å². The maximum Gasteiger partial charge on any atom is 0.417 e. The molecule has 0 aliphatic carbocycles. The minimum absolute atomic E-state index is 0.0682. The summed E-state index contributed by atoms with van der Waals surface area (Å²) in [5, 5.41) is 0. The number of aromatic amines is 1. The van der Waals surface area contributed by atoms with Crippen LogP contribution in [0.4, 0.5) is 0 Å². The van der Waals surface area contributed by atoms with Gasteiger partial charge in [-0.15, -0.1) is 0 Å². The molecule has 2 N–H and O–H groups in total. The molecule has 0 bridgehead atoms. The molecule has 3 rings (SSSR count). The Morgan fingerprint density at radius 3 is 2.86 bits per heavy atom. The average molecular weight is 319 g/mol. The van der Waals surface area contributed by atoms with Gasteiger partial charge in [0.25, 0.3) is 0 Å². The Hall–Kier alpha value is -2.45. The third-order valence-electron chi connectivity index (χ3n) is 3.18. The molecule has 22 heavy (non-hydrogen) atoms. The van der Waals surface area contributed by atoms with Crippen LogP contribution in [0.2, 0.25) is 0 Å². The van der Waals surface area contributed by atoms with Crippen LogP contribution in [0.5, 0.6) is 0 Å². The molecule has 7 nitrogen and oxygen atoms in total. The van der Waals surface area contributed by atoms with Gasteiger partial charge in [-0.2, -0.15) is 0 Å². The number of aryl methyl sites for hydroxylation is 1. The Bertz CT molecular complexity index is 974. The number of pyridine rings is 1. The molecule has 0 radical (unpaired) electrons. The molecular weight excluding hydrogens is 306 g/mol. The number of nitrogens with one attached hydrogen (secondary N) is 2. The molecular formula is C14H13N3O4S. The SMILES string of the molecule is Cc1cc2[nH]c(=O)oc2cc1S(=O)(=O)NCc1ccccn1. The zero-order valence-electron chi connectivity index (χ0n) is 11.7. The molecule has 0 unspecified atom stereocenters. The predicted molar refractivity (Wildman–Crippen MR) is 79.8 cm³/mol. The highest BCUT2D eigenvalue weighted by Crippen LogP contribution is 2.21. The Labute approximate surface area is 126 Å². The first-order valence-electron chi connectivity index (χ1n) is 6.49. The molecule has 8 heteroatoms. The summed E-state index contributed by atoms with van der Waals surface area (Å²) < 4.78 is 32.2. The summed E-state index contributed by atoms with van der Waals surface area (Å²) in [6.45, 7) is 1.73. The molecule has 0 aliphatic rings. The van der Waals surface area contributed by atoms with Gasteiger partial charge in [0.15, 0.2) is 5.58 Å². The maximum atomic E-state index is 12.4. The van der Waals surface area contributed by atoms with Crippen molar-refractivity contribution in [3.63, 3.8) is 0 Å². The highest BCUT2D eigenvalue weighted by atomic mass is 32.2. The van der Waals surface area contributed by atoms with E-state index in [2.05, 4.69) is 14.7 Å². The van der Waals surface area contributed by atoms with Crippen molar-refractivity contribution < 1.29 is 12.8 Å². The van der Waals surface area contributed by atoms with Crippen LogP contribution in [0.1, 0.15) is 11.3 Å². The first-order valence-corrected chi connectivity index (χ1v) is 7.97. The van der Waals surface area contributed by atoms with Crippen molar-refractivity contribution >= 4 is 21.1 Å². The van der Waals surface area contributed by atoms with E-state index in [0.29, 0.717) is 16.8 Å². The fraction of sp³-hybridized carbons (Fsp3) is 0.143. The molecule has 0 amide bonds. The first-order chi connectivity index (χ1) is 10.5. The first kappa shape index (κ1) is 14.5. The van der Waals surface area contributed by atoms with Gasteiger partial charge in [-0.3, -0.25) is 9.97 Å². The number of hydrogen-bond acceptors (Lipinski definition) is 5. The summed E-state index contributed by atoms with van der Waals surface area (Å²) in [4.78, 5) is 17.8. The fourth-order valence-corrected chi connectivity index (χ4v) is 3.36. The summed E-state index contributed by atoms with van der Waals surface area (Å²) in [5.41, 5.74) is 1.79. The largest absolute Gasteiger partial charge is 0.417 e. The minimum Gasteiger partial charge on any atom is -0.408 e. The van der Waals surface area contributed by atoms with Gasteiger partial charge in [-0.05, 0) is 30.7 Å². The van der Waals surface area contributed by atoms with E-state index < -0.39 is 15.8 Å². The van der Waals surface area contributed by atoms with Crippen molar-refractivity contribution in [3.05, 3.63) is 58.3 Å². The van der Waals surface area contributed by atoms with Crippen molar-refractivity contribution in [1.82, 2.24) is 14.7 Å². The number of oxazole rings is 1. The zero-order chi connectivity index (χ0) is 15.7. The minimum atomic E-state index is -3.74. The zero-order valence-corrected chi connectivity index (χ0v) is 12.5. The van der Waals surface area contributed by atoms with E-state index in [9.17, 15) is 13.2 Å². The lowest BCUT2D eigenvalue weighted by Gasteiger charge is -2.09. The number of benzene rings is 1. The summed E-state index contributed by atoms with van der Waals surface area (Å²) in [6, 6.07) is 8.16. The van der Waals surface area contributed by atoms with Gasteiger partial charge in [0.05, 0.1) is 22.7 Å². The lowest BCUT2D eigenvalue weighted by atomic mass is 10.2. The number of aromatic nitrogens is 2. The molecule has 2 aromatic heterocycles. The summed E-state index contributed by atoms with van der Waals surface area (Å²) >= 11 is 0. The van der Waals surface area contributed by atoms with E-state index in [1.807, 2.05) is 0 Å². The van der Waals surface area contributed by atoms with E-state index in [0.717, 1.165) is 0 Å². The average Bonchev–Trinajstić information content (AvgIpc) is 2.84. The van der Waals surface area contributed by atoms with Gasteiger partial charge in [0, 0.05) is 12.3 Å². The summed E-state index contributed by atoms with van der Waals surface area (Å²) in [7, 11) is -3.74. The number of fused-ring (bicyclic) bond motifs is 1. The van der Waals surface area contributed by atoms with Crippen LogP contribution in [0, 0.1) is 6.92 Å². The highest BCUT2D eigenvalue weighted by molar-refractivity contribution is 7.89. The number of sulfonamides is 1. The van der Waals surface area contributed by atoms with Crippen LogP contribution in [0.15, 0.2) is 50.6 Å². The van der Waals surface area contributed by atoms with E-state index in [1.165, 1.54) is 6.07 Å². The van der Waals surface area contributed by atoms with Crippen molar-refractivity contribution in [2.45, 2.75) is 18.4 Å². The number of hydrogen-bond donors (Lipinski definition) is 2. The Morgan fingerprint density at radius 1 is 1.32 bits per heavy atom. The van der Waals surface area contributed by atoms with Gasteiger partial charge in [0.2, 0.25) is 10.0 Å². The second-order valence-electron chi connectivity index (χ2n) is 4.77. The Kier molecular flexibility index (Phi) is 3.55. The fourth-order valence-electron chi connectivity index (χ4n) is 2.13. The van der Waals surface area contributed by atoms with Crippen molar-refractivity contribution in [2.75, 3.05) is 0 Å². The monoisotopic (exact) mass is 319 g/mol. The van der Waals surface area contributed by atoms with E-state index in [1.54, 1.807) is 37.4 Å². The molecule has 114 valence electrons. The molecule has 2 heterocycles. The smallest absolute Gasteiger partial charge is 0.408 e. The van der Waals surface area contributed by atoms with Crippen LogP contribution >= 0.6 is 0 Å². The molecule has 0 fully saturated rings. The number of H-pyrrole nitrogens is 1. The quantitative estimate of drug-likeness (QED) is 0.754. The highest BCUT2D eigenvalue weighted by Gasteiger charge is 2.19. The van der Waals surface area contributed by atoms with Gasteiger partial charge in [-0.1, -0.05) is 6.07 Å². The molecule has 0 saturated carbocycles. The lowest BCUT2D eigenvalue weighted by Crippen LogP contribution is -2.24. The molecule has 0 spiro atoms. The second-order valence-corrected chi connectivity index (χ2v) is 6.51. The van der Waals surface area contributed by atoms with Crippen molar-refractivity contribution in [1.29, 1.82) is 0 Å². The van der Waals surface area contributed by atoms with E-state index in [-0.39, 0.29) is 17.0 Å². The summed E-state index contributed by atoms with van der Waals surface area (Å²) in [5.74, 6) is -0.620. The maximum absolute atomic E-state index is 12.4. The molecule has 0 saturated heterocycles. The van der Waals surface area contributed by atoms with Gasteiger partial charge in [-0.25, -0.2) is 17.9 Å². The molecule has 3 aromatic rings. The third kappa shape index (κ3) is 2.78. The molecule has 0 atom stereocenters. The van der Waals surface area contributed by atoms with Crippen molar-refractivity contribution in [2.24, 2.45) is 0 Å². The standard InChI is InChI=1S/C14H13N3O4S/c1-9-6-11-12(21-14(18)17-11)7-13(9)22(19,20)16-8-10-4-2-3-5-15-10/h2-7,16H,8H2,1H3,(H,17,18). The number of rotatable bonds is 4. The predicted octanol–water partition coefficient (Wildman–Crippen LogP) is 1.30. The third-order valence-corrected chi connectivity index (χ3v) is 4.72. The van der Waals surface area contributed by atoms with E-state index in [4.69, 9.17) is 4.42 Å². The molecule has 1 aromatic carbocycles. The van der Waals surface area contributed by atoms with Gasteiger partial charge >= 0.3 is 5.76 Å². The van der Waals surface area contributed by atoms with Gasteiger partial charge < -0.3 is 4.42 Å². The van der Waals surface area contributed by atoms with Crippen LogP contribution in [-0.2, 0) is 16.6 Å². The lowest BCUT2D eigenvalue weighted by molar-refractivity contribution is 0.553. The van der Waals surface area contributed by atoms with Gasteiger partial charge in [0.1, 0.15) is 0 Å². The van der Waals surface area contributed by atoms with Crippen LogP contribution in [0.3, 0.4) is 0 Å². The van der Waals surface area contributed by atoms with Crippen LogP contribution in [0.25, 0.3) is 11.1 Å².